The van der Waals surface area contributed by atoms with Crippen molar-refractivity contribution in [3.8, 4) is 28.4 Å². The maximum Gasteiger partial charge on any atom is 0.206 e. The molecule has 33 heavy (non-hydrogen) atoms. The van der Waals surface area contributed by atoms with Gasteiger partial charge >= 0.3 is 0 Å². The molecule has 0 N–H and O–H groups in total. The van der Waals surface area contributed by atoms with Gasteiger partial charge in [-0.1, -0.05) is 24.3 Å². The molecular weight excluding hydrogens is 432 g/mol. The fourth-order valence-corrected chi connectivity index (χ4v) is 4.83. The van der Waals surface area contributed by atoms with Crippen molar-refractivity contribution in [2.45, 2.75) is 30.6 Å². The monoisotopic (exact) mass is 458 g/mol. The Labute approximate surface area is 195 Å². The van der Waals surface area contributed by atoms with Crippen molar-refractivity contribution >= 4 is 9.84 Å². The third kappa shape index (κ3) is 4.78. The highest BCUT2D eigenvalue weighted by atomic mass is 32.2. The summed E-state index contributed by atoms with van der Waals surface area (Å²) in [6.45, 7) is 6.22. The van der Waals surface area contributed by atoms with Crippen LogP contribution in [0.1, 0.15) is 16.7 Å². The Morgan fingerprint density at radius 1 is 0.576 bits per heavy atom. The van der Waals surface area contributed by atoms with Gasteiger partial charge in [0.25, 0.3) is 0 Å². The van der Waals surface area contributed by atoms with E-state index in [-0.39, 0.29) is 9.79 Å². The molecule has 0 radical (unpaired) electrons. The van der Waals surface area contributed by atoms with E-state index in [1.807, 2.05) is 19.1 Å². The number of sulfone groups is 1. The smallest absolute Gasteiger partial charge is 0.206 e. The lowest BCUT2D eigenvalue weighted by molar-refractivity contribution is 0.414. The molecule has 4 nitrogen and oxygen atoms in total. The van der Waals surface area contributed by atoms with Crippen LogP contribution in [0.25, 0.3) is 11.1 Å². The summed E-state index contributed by atoms with van der Waals surface area (Å²) in [5.74, 6) is 1.91. The summed E-state index contributed by atoms with van der Waals surface area (Å²) < 4.78 is 36.9. The fraction of sp³-hybridized carbons (Fsp3) is 0.143. The van der Waals surface area contributed by atoms with E-state index >= 15 is 0 Å². The number of ether oxygens (including phenoxy) is 2. The van der Waals surface area contributed by atoms with Crippen LogP contribution in [0.15, 0.2) is 94.7 Å². The summed E-state index contributed by atoms with van der Waals surface area (Å²) >= 11 is 0. The van der Waals surface area contributed by atoms with E-state index in [2.05, 4.69) is 38.1 Å². The molecule has 5 heteroatoms. The fourth-order valence-electron chi connectivity index (χ4n) is 3.57. The van der Waals surface area contributed by atoms with E-state index in [9.17, 15) is 8.42 Å². The van der Waals surface area contributed by atoms with Gasteiger partial charge in [-0.2, -0.15) is 0 Å². The van der Waals surface area contributed by atoms with E-state index in [0.29, 0.717) is 11.5 Å². The van der Waals surface area contributed by atoms with Crippen molar-refractivity contribution in [1.82, 2.24) is 0 Å². The average molecular weight is 459 g/mol. The standard InChI is InChI=1S/C28H26O4S/c1-19-5-6-22(17-20(19)2)23-7-16-28(21(3)18-23)32-25-10-14-27(15-11-25)33(29,30)26-12-8-24(31-4)9-13-26/h5-18H,1-4H3. The maximum atomic E-state index is 12.9. The van der Waals surface area contributed by atoms with Gasteiger partial charge in [0.1, 0.15) is 17.2 Å². The van der Waals surface area contributed by atoms with Gasteiger partial charge in [-0.3, -0.25) is 0 Å². The number of benzene rings is 4. The first-order valence-electron chi connectivity index (χ1n) is 10.6. The first-order chi connectivity index (χ1) is 15.8. The molecule has 0 aliphatic heterocycles. The van der Waals surface area contributed by atoms with Crippen LogP contribution in [0.2, 0.25) is 0 Å². The van der Waals surface area contributed by atoms with Crippen molar-refractivity contribution in [3.05, 3.63) is 102 Å². The molecule has 0 aliphatic carbocycles. The molecule has 0 saturated heterocycles. The number of methoxy groups -OCH3 is 1. The maximum absolute atomic E-state index is 12.9. The van der Waals surface area contributed by atoms with Crippen molar-refractivity contribution in [2.75, 3.05) is 7.11 Å². The van der Waals surface area contributed by atoms with Gasteiger partial charge < -0.3 is 9.47 Å². The summed E-state index contributed by atoms with van der Waals surface area (Å²) in [6.07, 6.45) is 0. The van der Waals surface area contributed by atoms with Crippen molar-refractivity contribution < 1.29 is 17.9 Å². The largest absolute Gasteiger partial charge is 0.497 e. The van der Waals surface area contributed by atoms with Gasteiger partial charge in [-0.25, -0.2) is 8.42 Å². The molecule has 0 atom stereocenters. The Morgan fingerprint density at radius 2 is 1.09 bits per heavy atom. The molecule has 0 aromatic heterocycles. The number of hydrogen-bond acceptors (Lipinski definition) is 4. The topological polar surface area (TPSA) is 52.6 Å². The highest BCUT2D eigenvalue weighted by molar-refractivity contribution is 7.91. The summed E-state index contributed by atoms with van der Waals surface area (Å²) in [6, 6.07) is 25.3. The van der Waals surface area contributed by atoms with E-state index in [4.69, 9.17) is 9.47 Å². The summed E-state index contributed by atoms with van der Waals surface area (Å²) in [5, 5.41) is 0. The minimum atomic E-state index is -3.62. The lowest BCUT2D eigenvalue weighted by atomic mass is 9.99. The third-order valence-corrected chi connectivity index (χ3v) is 7.53. The molecular formula is C28H26O4S. The SMILES string of the molecule is COc1ccc(S(=O)(=O)c2ccc(Oc3ccc(-c4ccc(C)c(C)c4)cc3C)cc2)cc1. The summed E-state index contributed by atoms with van der Waals surface area (Å²) in [7, 11) is -2.07. The zero-order valence-electron chi connectivity index (χ0n) is 19.1. The summed E-state index contributed by atoms with van der Waals surface area (Å²) in [5.41, 5.74) is 5.83. The van der Waals surface area contributed by atoms with Gasteiger partial charge in [0.2, 0.25) is 9.84 Å². The molecule has 0 bridgehead atoms. The van der Waals surface area contributed by atoms with E-state index in [1.54, 1.807) is 55.6 Å². The van der Waals surface area contributed by atoms with Gasteiger partial charge in [0, 0.05) is 0 Å². The first kappa shape index (κ1) is 22.6. The van der Waals surface area contributed by atoms with E-state index in [1.165, 1.54) is 16.7 Å². The van der Waals surface area contributed by atoms with Gasteiger partial charge in [0.15, 0.2) is 0 Å². The Hall–Kier alpha value is -3.57. The van der Waals surface area contributed by atoms with Crippen LogP contribution in [0.3, 0.4) is 0 Å². The first-order valence-corrected chi connectivity index (χ1v) is 12.1. The van der Waals surface area contributed by atoms with Crippen LogP contribution in [-0.4, -0.2) is 15.5 Å². The predicted octanol–water partition coefficient (Wildman–Crippen LogP) is 6.91. The number of aryl methyl sites for hydroxylation is 3. The van der Waals surface area contributed by atoms with Gasteiger partial charge in [-0.15, -0.1) is 0 Å². The molecule has 0 amide bonds. The molecule has 4 rings (SSSR count). The third-order valence-electron chi connectivity index (χ3n) is 5.75. The Bertz CT molecular complexity index is 1390. The molecule has 0 spiro atoms. The molecule has 0 aliphatic rings. The van der Waals surface area contributed by atoms with Crippen LogP contribution in [0, 0.1) is 20.8 Å². The lowest BCUT2D eigenvalue weighted by Crippen LogP contribution is -2.02. The van der Waals surface area contributed by atoms with Crippen LogP contribution in [0.4, 0.5) is 0 Å². The normalized spacial score (nSPS) is 11.3. The second-order valence-electron chi connectivity index (χ2n) is 8.03. The van der Waals surface area contributed by atoms with Crippen molar-refractivity contribution in [2.24, 2.45) is 0 Å². The minimum Gasteiger partial charge on any atom is -0.497 e. The highest BCUT2D eigenvalue weighted by Gasteiger charge is 2.18. The van der Waals surface area contributed by atoms with Crippen LogP contribution < -0.4 is 9.47 Å². The Balaban J connectivity index is 1.53. The van der Waals surface area contributed by atoms with Crippen molar-refractivity contribution in [1.29, 1.82) is 0 Å². The predicted molar refractivity (Wildman–Crippen MR) is 131 cm³/mol. The average Bonchev–Trinajstić information content (AvgIpc) is 2.82. The molecule has 168 valence electrons. The summed E-state index contributed by atoms with van der Waals surface area (Å²) in [4.78, 5) is 0.427. The van der Waals surface area contributed by atoms with E-state index < -0.39 is 9.84 Å². The molecule has 0 fully saturated rings. The second-order valence-corrected chi connectivity index (χ2v) is 9.98. The zero-order valence-corrected chi connectivity index (χ0v) is 19.9. The zero-order chi connectivity index (χ0) is 23.6. The van der Waals surface area contributed by atoms with Gasteiger partial charge in [0.05, 0.1) is 16.9 Å². The number of rotatable bonds is 6. The lowest BCUT2D eigenvalue weighted by Gasteiger charge is -2.12. The van der Waals surface area contributed by atoms with E-state index in [0.717, 1.165) is 16.9 Å². The van der Waals surface area contributed by atoms with Crippen LogP contribution in [0.5, 0.6) is 17.2 Å². The molecule has 4 aromatic carbocycles. The molecule has 0 heterocycles. The Morgan fingerprint density at radius 3 is 1.61 bits per heavy atom. The molecule has 0 unspecified atom stereocenters. The quantitative estimate of drug-likeness (QED) is 0.315. The molecule has 4 aromatic rings. The Kier molecular flexibility index (Phi) is 6.25. The van der Waals surface area contributed by atoms with Crippen LogP contribution >= 0.6 is 0 Å². The molecule has 0 saturated carbocycles. The highest BCUT2D eigenvalue weighted by Crippen LogP contribution is 2.31. The van der Waals surface area contributed by atoms with Gasteiger partial charge in [-0.05, 0) is 109 Å². The van der Waals surface area contributed by atoms with Crippen LogP contribution in [-0.2, 0) is 9.84 Å². The minimum absolute atomic E-state index is 0.210. The van der Waals surface area contributed by atoms with Crippen molar-refractivity contribution in [3.63, 3.8) is 0 Å². The second kappa shape index (κ2) is 9.12. The number of hydrogen-bond donors (Lipinski definition) is 0.